The zero-order valence-electron chi connectivity index (χ0n) is 21.1. The second-order valence-electron chi connectivity index (χ2n) is 10.1. The van der Waals surface area contributed by atoms with Gasteiger partial charge in [-0.15, -0.1) is 0 Å². The second kappa shape index (κ2) is 11.1. The number of hydrogen-bond acceptors (Lipinski definition) is 4. The van der Waals surface area contributed by atoms with E-state index in [0.29, 0.717) is 19.0 Å². The molecule has 3 aromatic rings. The number of amides is 1. The Labute approximate surface area is 212 Å². The van der Waals surface area contributed by atoms with Gasteiger partial charge in [0.1, 0.15) is 5.82 Å². The van der Waals surface area contributed by atoms with Crippen molar-refractivity contribution in [2.24, 2.45) is 11.8 Å². The Morgan fingerprint density at radius 1 is 0.944 bits per heavy atom. The number of carbonyl (C=O) groups excluding carboxylic acids is 1. The molecule has 0 bridgehead atoms. The highest BCUT2D eigenvalue weighted by atomic mass is 19.1. The van der Waals surface area contributed by atoms with Crippen molar-refractivity contribution >= 4 is 16.7 Å². The van der Waals surface area contributed by atoms with Gasteiger partial charge in [-0.2, -0.15) is 0 Å². The maximum atomic E-state index is 13.7. The molecule has 2 unspecified atom stereocenters. The molecule has 190 valence electrons. The van der Waals surface area contributed by atoms with Gasteiger partial charge >= 0.3 is 0 Å². The molecular weight excluding hydrogens is 455 g/mol. The highest BCUT2D eigenvalue weighted by Gasteiger charge is 2.41. The molecule has 3 aromatic carbocycles. The molecule has 2 aliphatic heterocycles. The molecule has 2 heterocycles. The minimum atomic E-state index is -0.350. The number of carbonyl (C=O) groups is 1. The van der Waals surface area contributed by atoms with Gasteiger partial charge in [0.2, 0.25) is 0 Å². The van der Waals surface area contributed by atoms with Gasteiger partial charge in [0.15, 0.2) is 6.29 Å². The molecule has 0 aromatic heterocycles. The van der Waals surface area contributed by atoms with Crippen LogP contribution in [0.4, 0.5) is 4.39 Å². The van der Waals surface area contributed by atoms with Crippen LogP contribution in [0, 0.1) is 17.7 Å². The average molecular weight is 491 g/mol. The fourth-order valence-electron chi connectivity index (χ4n) is 6.11. The largest absolute Gasteiger partial charge is 0.356 e. The van der Waals surface area contributed by atoms with Gasteiger partial charge in [-0.05, 0) is 72.3 Å². The van der Waals surface area contributed by atoms with E-state index in [-0.39, 0.29) is 29.9 Å². The number of nitrogens with zero attached hydrogens (tertiary/aromatic N) is 2. The van der Waals surface area contributed by atoms with Crippen LogP contribution in [0.25, 0.3) is 10.8 Å². The van der Waals surface area contributed by atoms with E-state index in [0.717, 1.165) is 48.8 Å². The van der Waals surface area contributed by atoms with E-state index in [1.165, 1.54) is 5.56 Å². The third kappa shape index (κ3) is 5.17. The van der Waals surface area contributed by atoms with Crippen LogP contribution in [0.5, 0.6) is 0 Å². The average Bonchev–Trinajstić information content (AvgIpc) is 3.33. The predicted octanol–water partition coefficient (Wildman–Crippen LogP) is 5.17. The summed E-state index contributed by atoms with van der Waals surface area (Å²) < 4.78 is 24.7. The third-order valence-corrected chi connectivity index (χ3v) is 8.03. The van der Waals surface area contributed by atoms with Crippen LogP contribution in [0.1, 0.15) is 34.7 Å². The van der Waals surface area contributed by atoms with Crippen LogP contribution in [0.3, 0.4) is 0 Å². The lowest BCUT2D eigenvalue weighted by Gasteiger charge is -2.35. The van der Waals surface area contributed by atoms with Crippen molar-refractivity contribution in [3.05, 3.63) is 83.7 Å². The van der Waals surface area contributed by atoms with Gasteiger partial charge < -0.3 is 19.3 Å². The molecule has 2 fully saturated rings. The SMILES string of the molecule is COC(OC)C1CN(C(=O)c2cccc3ccccc23)CC1CN1CCC(c2ccc(F)cc2)CC1. The van der Waals surface area contributed by atoms with Gasteiger partial charge in [0.25, 0.3) is 5.91 Å². The number of benzene rings is 3. The number of methoxy groups -OCH3 is 2. The Bertz CT molecular complexity index is 1170. The molecule has 2 saturated heterocycles. The topological polar surface area (TPSA) is 42.0 Å². The molecule has 0 radical (unpaired) electrons. The monoisotopic (exact) mass is 490 g/mol. The molecule has 1 amide bonds. The molecule has 5 nitrogen and oxygen atoms in total. The first-order valence-electron chi connectivity index (χ1n) is 12.9. The van der Waals surface area contributed by atoms with Crippen molar-refractivity contribution in [3.8, 4) is 0 Å². The van der Waals surface area contributed by atoms with Crippen molar-refractivity contribution < 1.29 is 18.7 Å². The molecule has 6 heteroatoms. The molecule has 5 rings (SSSR count). The lowest BCUT2D eigenvalue weighted by Crippen LogP contribution is -2.41. The minimum absolute atomic E-state index is 0.0697. The number of halogens is 1. The van der Waals surface area contributed by atoms with E-state index in [1.807, 2.05) is 59.5 Å². The lowest BCUT2D eigenvalue weighted by atomic mass is 9.88. The quantitative estimate of drug-likeness (QED) is 0.429. The lowest BCUT2D eigenvalue weighted by molar-refractivity contribution is -0.143. The summed E-state index contributed by atoms with van der Waals surface area (Å²) in [5.74, 6) is 0.721. The van der Waals surface area contributed by atoms with Crippen LogP contribution < -0.4 is 0 Å². The fourth-order valence-corrected chi connectivity index (χ4v) is 6.11. The Morgan fingerprint density at radius 3 is 2.36 bits per heavy atom. The predicted molar refractivity (Wildman–Crippen MR) is 139 cm³/mol. The summed E-state index contributed by atoms with van der Waals surface area (Å²) in [5.41, 5.74) is 1.97. The summed E-state index contributed by atoms with van der Waals surface area (Å²) in [6, 6.07) is 20.9. The summed E-state index contributed by atoms with van der Waals surface area (Å²) in [4.78, 5) is 18.2. The number of fused-ring (bicyclic) bond motifs is 1. The van der Waals surface area contributed by atoms with Crippen LogP contribution >= 0.6 is 0 Å². The van der Waals surface area contributed by atoms with Gasteiger partial charge in [0.05, 0.1) is 0 Å². The summed E-state index contributed by atoms with van der Waals surface area (Å²) in [6.45, 7) is 4.20. The number of piperidine rings is 1. The zero-order valence-corrected chi connectivity index (χ0v) is 21.1. The Hall–Kier alpha value is -2.80. The molecule has 0 spiro atoms. The highest BCUT2D eigenvalue weighted by Crippen LogP contribution is 2.34. The van der Waals surface area contributed by atoms with Gasteiger partial charge in [-0.25, -0.2) is 4.39 Å². The Balaban J connectivity index is 1.28. The van der Waals surface area contributed by atoms with Crippen molar-refractivity contribution in [2.75, 3.05) is 46.9 Å². The zero-order chi connectivity index (χ0) is 25.1. The number of rotatable bonds is 7. The fraction of sp³-hybridized carbons (Fsp3) is 0.433. The smallest absolute Gasteiger partial charge is 0.254 e. The van der Waals surface area contributed by atoms with Gasteiger partial charge in [-0.3, -0.25) is 4.79 Å². The summed E-state index contributed by atoms with van der Waals surface area (Å²) in [5, 5.41) is 2.06. The van der Waals surface area contributed by atoms with Crippen molar-refractivity contribution in [2.45, 2.75) is 25.0 Å². The van der Waals surface area contributed by atoms with E-state index in [2.05, 4.69) is 4.90 Å². The Kier molecular flexibility index (Phi) is 7.65. The van der Waals surface area contributed by atoms with E-state index in [9.17, 15) is 9.18 Å². The van der Waals surface area contributed by atoms with Crippen LogP contribution in [-0.4, -0.2) is 68.9 Å². The van der Waals surface area contributed by atoms with E-state index in [4.69, 9.17) is 9.47 Å². The van der Waals surface area contributed by atoms with E-state index >= 15 is 0 Å². The number of ether oxygens (including phenoxy) is 2. The maximum Gasteiger partial charge on any atom is 0.254 e. The third-order valence-electron chi connectivity index (χ3n) is 8.03. The minimum Gasteiger partial charge on any atom is -0.356 e. The van der Waals surface area contributed by atoms with Gasteiger partial charge in [0, 0.05) is 45.3 Å². The van der Waals surface area contributed by atoms with Crippen LogP contribution in [-0.2, 0) is 9.47 Å². The van der Waals surface area contributed by atoms with E-state index < -0.39 is 0 Å². The number of hydrogen-bond donors (Lipinski definition) is 0. The summed E-state index contributed by atoms with van der Waals surface area (Å²) in [7, 11) is 3.35. The standard InChI is InChI=1S/C30H35FN2O3/c1-35-30(36-2)28-20-33(29(34)27-9-5-7-23-6-3-4-8-26(23)27)19-24(28)18-32-16-14-22(15-17-32)21-10-12-25(31)13-11-21/h3-13,22,24,28,30H,14-20H2,1-2H3. The molecular formula is C30H35FN2O3. The Morgan fingerprint density at radius 2 is 1.64 bits per heavy atom. The normalized spacial score (nSPS) is 21.5. The maximum absolute atomic E-state index is 13.7. The van der Waals surface area contributed by atoms with Crippen molar-refractivity contribution in [1.29, 1.82) is 0 Å². The second-order valence-corrected chi connectivity index (χ2v) is 10.1. The molecule has 0 aliphatic carbocycles. The summed E-state index contributed by atoms with van der Waals surface area (Å²) >= 11 is 0. The molecule has 2 atom stereocenters. The highest BCUT2D eigenvalue weighted by molar-refractivity contribution is 6.07. The first-order chi connectivity index (χ1) is 17.6. The summed E-state index contributed by atoms with van der Waals surface area (Å²) in [6.07, 6.45) is 1.76. The first-order valence-corrected chi connectivity index (χ1v) is 12.9. The van der Waals surface area contributed by atoms with E-state index in [1.54, 1.807) is 26.4 Å². The van der Waals surface area contributed by atoms with Crippen molar-refractivity contribution in [1.82, 2.24) is 9.80 Å². The van der Waals surface area contributed by atoms with Crippen LogP contribution in [0.15, 0.2) is 66.7 Å². The number of likely N-dealkylation sites (tertiary alicyclic amines) is 2. The molecule has 0 N–H and O–H groups in total. The molecule has 2 aliphatic rings. The molecule has 36 heavy (non-hydrogen) atoms. The van der Waals surface area contributed by atoms with Gasteiger partial charge in [-0.1, -0.05) is 48.5 Å². The van der Waals surface area contributed by atoms with Crippen LogP contribution in [0.2, 0.25) is 0 Å². The first kappa shape index (κ1) is 24.9. The van der Waals surface area contributed by atoms with Crippen molar-refractivity contribution in [3.63, 3.8) is 0 Å². The molecule has 0 saturated carbocycles.